The summed E-state index contributed by atoms with van der Waals surface area (Å²) < 4.78 is 45.5. The molecule has 0 radical (unpaired) electrons. The fraction of sp³-hybridized carbons (Fsp3) is 0.240. The van der Waals surface area contributed by atoms with Crippen molar-refractivity contribution in [3.05, 3.63) is 83.2 Å². The molecular weight excluding hydrogens is 458 g/mol. The molecule has 178 valence electrons. The third kappa shape index (κ3) is 5.26. The average Bonchev–Trinajstić information content (AvgIpc) is 3.08. The number of nitrogens with one attached hydrogen (secondary N) is 3. The topological polar surface area (TPSA) is 79.1 Å². The molecular formula is C25H26F2N4O2S. The normalized spacial score (nSPS) is 17.2. The van der Waals surface area contributed by atoms with Gasteiger partial charge in [-0.15, -0.1) is 0 Å². The second kappa shape index (κ2) is 10.3. The number of anilines is 1. The Kier molecular flexibility index (Phi) is 7.23. The monoisotopic (exact) mass is 484 g/mol. The highest BCUT2D eigenvalue weighted by Crippen LogP contribution is 2.27. The van der Waals surface area contributed by atoms with Crippen molar-refractivity contribution in [3.63, 3.8) is 0 Å². The van der Waals surface area contributed by atoms with Crippen LogP contribution in [-0.4, -0.2) is 23.6 Å². The number of ether oxygens (including phenoxy) is 1. The molecule has 2 heterocycles. The van der Waals surface area contributed by atoms with Gasteiger partial charge < -0.3 is 14.6 Å². The minimum absolute atomic E-state index is 0.00102. The standard InChI is InChI=1S/C25H26F2N4O2S/c1-31-15-23-20(24(31)25(32)29-18-9-13-21(26)22(27)14-18)12-8-17(30-34(23)28)5-3-4-16-6-10-19(33-2)11-7-16/h6-15,17H,3-5H2,1-2H3,(H2,28,30)(H,29,32). The van der Waals surface area contributed by atoms with Gasteiger partial charge in [0.2, 0.25) is 0 Å². The molecule has 1 aromatic heterocycles. The van der Waals surface area contributed by atoms with Gasteiger partial charge in [-0.3, -0.25) is 9.57 Å². The number of aryl methyl sites for hydroxylation is 2. The molecule has 1 amide bonds. The van der Waals surface area contributed by atoms with Gasteiger partial charge >= 0.3 is 0 Å². The fourth-order valence-electron chi connectivity index (χ4n) is 3.93. The van der Waals surface area contributed by atoms with Crippen molar-refractivity contribution in [2.45, 2.75) is 30.2 Å². The second-order valence-electron chi connectivity index (χ2n) is 8.08. The quantitative estimate of drug-likeness (QED) is 0.430. The number of amides is 1. The molecule has 2 aromatic carbocycles. The van der Waals surface area contributed by atoms with Gasteiger partial charge in [-0.05, 0) is 60.0 Å². The maximum Gasteiger partial charge on any atom is 0.272 e. The Bertz CT molecular complexity index is 1250. The number of fused-ring (bicyclic) bond motifs is 1. The molecule has 3 aromatic rings. The predicted molar refractivity (Wildman–Crippen MR) is 130 cm³/mol. The number of hydrogen-bond acceptors (Lipinski definition) is 3. The largest absolute Gasteiger partial charge is 0.497 e. The number of hydrogen-bond donors (Lipinski definition) is 3. The van der Waals surface area contributed by atoms with Gasteiger partial charge in [0.05, 0.1) is 12.0 Å². The summed E-state index contributed by atoms with van der Waals surface area (Å²) >= 11 is 0. The van der Waals surface area contributed by atoms with Crippen LogP contribution in [0.15, 0.2) is 59.6 Å². The van der Waals surface area contributed by atoms with E-state index in [4.69, 9.17) is 9.52 Å². The van der Waals surface area contributed by atoms with Crippen LogP contribution in [0.1, 0.15) is 34.5 Å². The Labute approximate surface area is 199 Å². The van der Waals surface area contributed by atoms with E-state index in [1.54, 1.807) is 24.9 Å². The number of aromatic nitrogens is 1. The van der Waals surface area contributed by atoms with E-state index in [0.29, 0.717) is 16.2 Å². The van der Waals surface area contributed by atoms with Crippen LogP contribution in [0.3, 0.4) is 0 Å². The molecule has 0 spiro atoms. The summed E-state index contributed by atoms with van der Waals surface area (Å²) in [6, 6.07) is 11.2. The maximum absolute atomic E-state index is 13.5. The van der Waals surface area contributed by atoms with E-state index >= 15 is 0 Å². The summed E-state index contributed by atoms with van der Waals surface area (Å²) in [7, 11) is 2.36. The zero-order chi connectivity index (χ0) is 24.2. The van der Waals surface area contributed by atoms with Gasteiger partial charge in [0.15, 0.2) is 11.6 Å². The third-order valence-electron chi connectivity index (χ3n) is 5.70. The SMILES string of the molecule is COc1ccc(CCCC2C=Cc3c(cn(C)c3C(=O)Nc3ccc(F)c(F)c3)S(=N)N2)cc1. The van der Waals surface area contributed by atoms with Crippen LogP contribution < -0.4 is 14.8 Å². The molecule has 0 saturated heterocycles. The van der Waals surface area contributed by atoms with E-state index in [1.807, 2.05) is 24.3 Å². The minimum atomic E-state index is -1.03. The van der Waals surface area contributed by atoms with E-state index in [-0.39, 0.29) is 11.7 Å². The Hall–Kier alpha value is -3.30. The molecule has 0 saturated carbocycles. The molecule has 2 atom stereocenters. The Morgan fingerprint density at radius 1 is 1.21 bits per heavy atom. The number of methoxy groups -OCH3 is 1. The fourth-order valence-corrected chi connectivity index (χ4v) is 5.20. The second-order valence-corrected chi connectivity index (χ2v) is 9.37. The summed E-state index contributed by atoms with van der Waals surface area (Å²) in [5, 5.41) is 2.62. The van der Waals surface area contributed by atoms with Crippen LogP contribution in [0.25, 0.3) is 6.08 Å². The van der Waals surface area contributed by atoms with E-state index < -0.39 is 28.4 Å². The van der Waals surface area contributed by atoms with E-state index in [9.17, 15) is 13.6 Å². The molecule has 6 nitrogen and oxygen atoms in total. The van der Waals surface area contributed by atoms with Crippen molar-refractivity contribution in [1.29, 1.82) is 4.78 Å². The van der Waals surface area contributed by atoms with E-state index in [0.717, 1.165) is 37.1 Å². The molecule has 0 bridgehead atoms. The van der Waals surface area contributed by atoms with Gasteiger partial charge in [-0.2, -0.15) is 0 Å². The van der Waals surface area contributed by atoms with Gasteiger partial charge in [-0.1, -0.05) is 24.3 Å². The number of carbonyl (C=O) groups excluding carboxylic acids is 1. The molecule has 9 heteroatoms. The molecule has 3 N–H and O–H groups in total. The number of rotatable bonds is 7. The first-order valence-electron chi connectivity index (χ1n) is 10.8. The van der Waals surface area contributed by atoms with Gasteiger partial charge in [-0.25, -0.2) is 13.5 Å². The molecule has 1 aliphatic heterocycles. The first-order chi connectivity index (χ1) is 16.4. The summed E-state index contributed by atoms with van der Waals surface area (Å²) in [6.45, 7) is 0. The predicted octanol–water partition coefficient (Wildman–Crippen LogP) is 5.23. The van der Waals surface area contributed by atoms with E-state index in [2.05, 4.69) is 22.2 Å². The van der Waals surface area contributed by atoms with Crippen molar-refractivity contribution in [1.82, 2.24) is 9.29 Å². The van der Waals surface area contributed by atoms with Crippen LogP contribution in [-0.2, 0) is 24.3 Å². The lowest BCUT2D eigenvalue weighted by molar-refractivity contribution is 0.101. The van der Waals surface area contributed by atoms with Gasteiger partial charge in [0, 0.05) is 36.6 Å². The number of benzene rings is 2. The van der Waals surface area contributed by atoms with Crippen LogP contribution in [0.5, 0.6) is 5.75 Å². The molecule has 2 unspecified atom stereocenters. The highest BCUT2D eigenvalue weighted by atomic mass is 32.2. The molecule has 34 heavy (non-hydrogen) atoms. The Balaban J connectivity index is 1.46. The molecule has 1 aliphatic rings. The average molecular weight is 485 g/mol. The van der Waals surface area contributed by atoms with Crippen LogP contribution >= 0.6 is 0 Å². The first kappa shape index (κ1) is 23.8. The van der Waals surface area contributed by atoms with Gasteiger partial charge in [0.25, 0.3) is 5.91 Å². The highest BCUT2D eigenvalue weighted by molar-refractivity contribution is 7.84. The lowest BCUT2D eigenvalue weighted by Crippen LogP contribution is -2.27. The smallest absolute Gasteiger partial charge is 0.272 e. The number of nitrogens with zero attached hydrogens (tertiary/aromatic N) is 1. The number of carbonyl (C=O) groups is 1. The minimum Gasteiger partial charge on any atom is -0.497 e. The van der Waals surface area contributed by atoms with Crippen molar-refractivity contribution in [2.75, 3.05) is 12.4 Å². The third-order valence-corrected chi connectivity index (χ3v) is 7.00. The number of halogens is 2. The highest BCUT2D eigenvalue weighted by Gasteiger charge is 2.24. The Morgan fingerprint density at radius 3 is 2.68 bits per heavy atom. The van der Waals surface area contributed by atoms with E-state index in [1.165, 1.54) is 11.6 Å². The first-order valence-corrected chi connectivity index (χ1v) is 12.1. The Morgan fingerprint density at radius 2 is 1.97 bits per heavy atom. The summed E-state index contributed by atoms with van der Waals surface area (Å²) in [4.78, 5) is 13.7. The summed E-state index contributed by atoms with van der Waals surface area (Å²) in [5.41, 5.74) is 2.41. The summed E-state index contributed by atoms with van der Waals surface area (Å²) in [5.74, 6) is -1.62. The van der Waals surface area contributed by atoms with Crippen LogP contribution in [0, 0.1) is 16.4 Å². The lowest BCUT2D eigenvalue weighted by Gasteiger charge is -2.14. The van der Waals surface area contributed by atoms with Crippen molar-refractivity contribution in [3.8, 4) is 5.75 Å². The van der Waals surface area contributed by atoms with Crippen LogP contribution in [0.2, 0.25) is 0 Å². The zero-order valence-corrected chi connectivity index (χ0v) is 19.7. The molecule has 4 rings (SSSR count). The van der Waals surface area contributed by atoms with Crippen molar-refractivity contribution < 1.29 is 18.3 Å². The molecule has 0 aliphatic carbocycles. The zero-order valence-electron chi connectivity index (χ0n) is 18.9. The molecule has 0 fully saturated rings. The van der Waals surface area contributed by atoms with Gasteiger partial charge in [0.1, 0.15) is 11.4 Å². The van der Waals surface area contributed by atoms with Crippen molar-refractivity contribution in [2.24, 2.45) is 7.05 Å². The summed E-state index contributed by atoms with van der Waals surface area (Å²) in [6.07, 6.45) is 8.33. The van der Waals surface area contributed by atoms with Crippen molar-refractivity contribution >= 4 is 28.5 Å². The maximum atomic E-state index is 13.5. The lowest BCUT2D eigenvalue weighted by atomic mass is 10.0. The van der Waals surface area contributed by atoms with Crippen LogP contribution in [0.4, 0.5) is 14.5 Å².